The first kappa shape index (κ1) is 17.2. The second-order valence-electron chi connectivity index (χ2n) is 7.74. The zero-order chi connectivity index (χ0) is 17.7. The Hall–Kier alpha value is -1.65. The number of methoxy groups -OCH3 is 2. The number of carbonyl (C=O) groups is 3. The summed E-state index contributed by atoms with van der Waals surface area (Å²) in [4.78, 5) is 36.3. The maximum Gasteiger partial charge on any atom is 0.320 e. The molecule has 3 aliphatic carbocycles. The van der Waals surface area contributed by atoms with Crippen molar-refractivity contribution in [2.45, 2.75) is 46.0 Å². The third-order valence-corrected chi connectivity index (χ3v) is 7.24. The first-order valence-corrected chi connectivity index (χ1v) is 8.69. The van der Waals surface area contributed by atoms with Gasteiger partial charge in [0.1, 0.15) is 5.78 Å². The highest BCUT2D eigenvalue weighted by molar-refractivity contribution is 5.94. The topological polar surface area (TPSA) is 69.7 Å². The van der Waals surface area contributed by atoms with E-state index in [1.165, 1.54) is 19.8 Å². The minimum Gasteiger partial charge on any atom is -0.468 e. The number of allylic oxidation sites excluding steroid dienone is 2. The summed E-state index contributed by atoms with van der Waals surface area (Å²) >= 11 is 0. The van der Waals surface area contributed by atoms with Gasteiger partial charge >= 0.3 is 11.9 Å². The van der Waals surface area contributed by atoms with Crippen LogP contribution in [0.4, 0.5) is 0 Å². The SMILES string of the molecule is COC(=O)C(CC[C@@]12CC[C@H]3CC(=O)[C@@H](C=C1C)[C@]32C)C(=O)OC. The molecule has 0 N–H and O–H groups in total. The van der Waals surface area contributed by atoms with Crippen LogP contribution in [-0.2, 0) is 23.9 Å². The maximum atomic E-state index is 12.4. The van der Waals surface area contributed by atoms with E-state index in [-0.39, 0.29) is 16.7 Å². The minimum absolute atomic E-state index is 0.000275. The van der Waals surface area contributed by atoms with Crippen LogP contribution in [0.15, 0.2) is 11.6 Å². The summed E-state index contributed by atoms with van der Waals surface area (Å²) in [7, 11) is 2.58. The van der Waals surface area contributed by atoms with Crippen LogP contribution in [0.2, 0.25) is 0 Å². The van der Waals surface area contributed by atoms with Gasteiger partial charge in [0.15, 0.2) is 5.92 Å². The van der Waals surface area contributed by atoms with Gasteiger partial charge in [-0.25, -0.2) is 0 Å². The van der Waals surface area contributed by atoms with Crippen LogP contribution in [0.1, 0.15) is 46.0 Å². The summed E-state index contributed by atoms with van der Waals surface area (Å²) in [6.07, 6.45) is 5.99. The largest absolute Gasteiger partial charge is 0.468 e. The van der Waals surface area contributed by atoms with Crippen LogP contribution in [0, 0.1) is 28.6 Å². The molecule has 0 aromatic carbocycles. The summed E-state index contributed by atoms with van der Waals surface area (Å²) in [6.45, 7) is 4.34. The first-order chi connectivity index (χ1) is 11.3. The quantitative estimate of drug-likeness (QED) is 0.439. The zero-order valence-corrected chi connectivity index (χ0v) is 14.9. The smallest absolute Gasteiger partial charge is 0.320 e. The molecule has 2 saturated carbocycles. The fourth-order valence-electron chi connectivity index (χ4n) is 5.85. The van der Waals surface area contributed by atoms with Crippen molar-refractivity contribution in [1.82, 2.24) is 0 Å². The van der Waals surface area contributed by atoms with Crippen molar-refractivity contribution in [2.24, 2.45) is 28.6 Å². The number of hydrogen-bond acceptors (Lipinski definition) is 5. The third kappa shape index (κ3) is 2.02. The molecular weight excluding hydrogens is 308 g/mol. The van der Waals surface area contributed by atoms with Crippen molar-refractivity contribution in [3.63, 3.8) is 0 Å². The van der Waals surface area contributed by atoms with E-state index < -0.39 is 17.9 Å². The van der Waals surface area contributed by atoms with Gasteiger partial charge < -0.3 is 9.47 Å². The Labute approximate surface area is 142 Å². The summed E-state index contributed by atoms with van der Waals surface area (Å²) in [5, 5.41) is 0. The molecule has 3 rings (SSSR count). The highest BCUT2D eigenvalue weighted by Gasteiger charge is 2.68. The second kappa shape index (κ2) is 5.71. The highest BCUT2D eigenvalue weighted by Crippen LogP contribution is 2.73. The molecular formula is C19H26O5. The molecule has 5 nitrogen and oxygen atoms in total. The fraction of sp³-hybridized carbons (Fsp3) is 0.737. The van der Waals surface area contributed by atoms with Crippen molar-refractivity contribution in [1.29, 1.82) is 0 Å². The van der Waals surface area contributed by atoms with E-state index in [4.69, 9.17) is 9.47 Å². The summed E-state index contributed by atoms with van der Waals surface area (Å²) in [6, 6.07) is 0. The third-order valence-electron chi connectivity index (χ3n) is 7.24. The molecule has 0 spiro atoms. The average molecular weight is 334 g/mol. The molecule has 132 valence electrons. The first-order valence-electron chi connectivity index (χ1n) is 8.69. The molecule has 0 bridgehead atoms. The van der Waals surface area contributed by atoms with Crippen LogP contribution in [0.3, 0.4) is 0 Å². The number of hydrogen-bond donors (Lipinski definition) is 0. The van der Waals surface area contributed by atoms with Gasteiger partial charge in [0.2, 0.25) is 0 Å². The van der Waals surface area contributed by atoms with Crippen LogP contribution in [-0.4, -0.2) is 31.9 Å². The lowest BCUT2D eigenvalue weighted by atomic mass is 9.60. The molecule has 2 fully saturated rings. The van der Waals surface area contributed by atoms with Gasteiger partial charge in [-0.05, 0) is 49.4 Å². The number of carbonyl (C=O) groups excluding carboxylic acids is 3. The number of ether oxygens (including phenoxy) is 2. The second-order valence-corrected chi connectivity index (χ2v) is 7.74. The van der Waals surface area contributed by atoms with E-state index >= 15 is 0 Å². The van der Waals surface area contributed by atoms with Crippen molar-refractivity contribution in [3.8, 4) is 0 Å². The number of Topliss-reactive ketones (excluding diaryl/α,β-unsaturated/α-hetero) is 1. The maximum absolute atomic E-state index is 12.4. The molecule has 4 atom stereocenters. The Bertz CT molecular complexity index is 605. The lowest BCUT2D eigenvalue weighted by Gasteiger charge is -2.43. The van der Waals surface area contributed by atoms with Gasteiger partial charge in [-0.15, -0.1) is 0 Å². The number of esters is 2. The molecule has 3 aliphatic rings. The number of rotatable bonds is 5. The van der Waals surface area contributed by atoms with E-state index in [0.29, 0.717) is 31.0 Å². The van der Waals surface area contributed by atoms with Gasteiger partial charge in [0, 0.05) is 12.3 Å². The Morgan fingerprint density at radius 2 is 1.92 bits per heavy atom. The highest BCUT2D eigenvalue weighted by atomic mass is 16.5. The van der Waals surface area contributed by atoms with E-state index in [9.17, 15) is 14.4 Å². The zero-order valence-electron chi connectivity index (χ0n) is 14.9. The van der Waals surface area contributed by atoms with Crippen molar-refractivity contribution in [2.75, 3.05) is 14.2 Å². The molecule has 0 saturated heterocycles. The van der Waals surface area contributed by atoms with Gasteiger partial charge in [0.25, 0.3) is 0 Å². The normalized spacial score (nSPS) is 36.7. The van der Waals surface area contributed by atoms with Crippen LogP contribution in [0.5, 0.6) is 0 Å². The lowest BCUT2D eigenvalue weighted by Crippen LogP contribution is -2.39. The molecule has 0 radical (unpaired) electrons. The fourth-order valence-corrected chi connectivity index (χ4v) is 5.85. The Morgan fingerprint density at radius 3 is 2.50 bits per heavy atom. The van der Waals surface area contributed by atoms with E-state index in [1.54, 1.807) is 0 Å². The predicted octanol–water partition coefficient (Wildman–Crippen LogP) is 2.68. The van der Waals surface area contributed by atoms with Crippen LogP contribution < -0.4 is 0 Å². The monoisotopic (exact) mass is 334 g/mol. The molecule has 0 aromatic rings. The minimum atomic E-state index is -0.888. The van der Waals surface area contributed by atoms with E-state index in [2.05, 4.69) is 19.9 Å². The molecule has 0 aromatic heterocycles. The number of ketones is 1. The molecule has 0 aliphatic heterocycles. The Morgan fingerprint density at radius 1 is 1.29 bits per heavy atom. The van der Waals surface area contributed by atoms with Gasteiger partial charge in [-0.2, -0.15) is 0 Å². The summed E-state index contributed by atoms with van der Waals surface area (Å²) in [5.41, 5.74) is 1.10. The average Bonchev–Trinajstić information content (AvgIpc) is 3.08. The van der Waals surface area contributed by atoms with Gasteiger partial charge in [-0.3, -0.25) is 14.4 Å². The van der Waals surface area contributed by atoms with Crippen LogP contribution in [0.25, 0.3) is 0 Å². The molecule has 24 heavy (non-hydrogen) atoms. The summed E-state index contributed by atoms with van der Waals surface area (Å²) in [5.74, 6) is -1.21. The van der Waals surface area contributed by atoms with Gasteiger partial charge in [-0.1, -0.05) is 18.6 Å². The van der Waals surface area contributed by atoms with E-state index in [0.717, 1.165) is 12.8 Å². The van der Waals surface area contributed by atoms with E-state index in [1.807, 2.05) is 0 Å². The molecule has 0 unspecified atom stereocenters. The van der Waals surface area contributed by atoms with Crippen molar-refractivity contribution >= 4 is 17.7 Å². The Kier molecular flexibility index (Phi) is 4.09. The van der Waals surface area contributed by atoms with Crippen molar-refractivity contribution < 1.29 is 23.9 Å². The van der Waals surface area contributed by atoms with Gasteiger partial charge in [0.05, 0.1) is 14.2 Å². The molecule has 5 heteroatoms. The summed E-state index contributed by atoms with van der Waals surface area (Å²) < 4.78 is 9.55. The lowest BCUT2D eigenvalue weighted by molar-refractivity contribution is -0.159. The van der Waals surface area contributed by atoms with Crippen molar-refractivity contribution in [3.05, 3.63) is 11.6 Å². The molecule has 0 heterocycles. The predicted molar refractivity (Wildman–Crippen MR) is 86.9 cm³/mol. The molecule has 0 amide bonds. The van der Waals surface area contributed by atoms with Crippen LogP contribution >= 0.6 is 0 Å². The standard InChI is InChI=1S/C19H26O5/c1-11-9-14-15(20)10-12-5-7-19(11,18(12,14)2)8-6-13(16(21)23-3)17(22)24-4/h9,12-14H,5-8,10H2,1-4H3/t12-,14+,18-,19-/m0/s1. The Balaban J connectivity index is 1.86.